The number of carbonyl (C=O) groups excluding carboxylic acids is 1. The van der Waals surface area contributed by atoms with E-state index in [1.165, 1.54) is 5.56 Å². The van der Waals surface area contributed by atoms with Gasteiger partial charge in [-0.05, 0) is 60.0 Å². The highest BCUT2D eigenvalue weighted by Crippen LogP contribution is 2.23. The summed E-state index contributed by atoms with van der Waals surface area (Å²) < 4.78 is 5.50. The fourth-order valence-corrected chi connectivity index (χ4v) is 4.45. The third-order valence-corrected chi connectivity index (χ3v) is 6.48. The number of hydrogen-bond acceptors (Lipinski definition) is 5. The molecular formula is C30H30N4O2. The first-order valence-corrected chi connectivity index (χ1v) is 12.4. The molecule has 0 unspecified atom stereocenters. The van der Waals surface area contributed by atoms with Crippen molar-refractivity contribution in [3.63, 3.8) is 0 Å². The molecular weight excluding hydrogens is 448 g/mol. The number of ether oxygens (including phenoxy) is 1. The zero-order chi connectivity index (χ0) is 24.7. The summed E-state index contributed by atoms with van der Waals surface area (Å²) in [7, 11) is 0. The average Bonchev–Trinajstić information content (AvgIpc) is 2.95. The fraction of sp³-hybridized carbons (Fsp3) is 0.233. The van der Waals surface area contributed by atoms with Crippen LogP contribution in [0.15, 0.2) is 91.0 Å². The highest BCUT2D eigenvalue weighted by molar-refractivity contribution is 5.79. The van der Waals surface area contributed by atoms with Gasteiger partial charge in [0.25, 0.3) is 0 Å². The van der Waals surface area contributed by atoms with Crippen LogP contribution in [0.5, 0.6) is 5.75 Å². The first-order chi connectivity index (χ1) is 17.7. The van der Waals surface area contributed by atoms with Gasteiger partial charge in [-0.25, -0.2) is 0 Å². The number of nitrogens with zero attached hydrogens (tertiary/aromatic N) is 4. The van der Waals surface area contributed by atoms with Crippen molar-refractivity contribution >= 4 is 11.7 Å². The normalized spacial score (nSPS) is 13.5. The van der Waals surface area contributed by atoms with Crippen molar-refractivity contribution in [1.29, 1.82) is 0 Å². The van der Waals surface area contributed by atoms with Gasteiger partial charge in [-0.1, -0.05) is 54.6 Å². The van der Waals surface area contributed by atoms with E-state index in [0.717, 1.165) is 47.0 Å². The lowest BCUT2D eigenvalue weighted by atomic mass is 10.0. The van der Waals surface area contributed by atoms with E-state index in [1.54, 1.807) is 0 Å². The maximum atomic E-state index is 12.9. The summed E-state index contributed by atoms with van der Waals surface area (Å²) in [5, 5.41) is 8.88. The first kappa shape index (κ1) is 23.5. The summed E-state index contributed by atoms with van der Waals surface area (Å²) in [6.45, 7) is 5.48. The largest absolute Gasteiger partial charge is 0.494 e. The van der Waals surface area contributed by atoms with E-state index in [4.69, 9.17) is 4.74 Å². The van der Waals surface area contributed by atoms with Crippen molar-refractivity contribution in [2.24, 2.45) is 0 Å². The van der Waals surface area contributed by atoms with E-state index in [9.17, 15) is 4.79 Å². The quantitative estimate of drug-likeness (QED) is 0.370. The summed E-state index contributed by atoms with van der Waals surface area (Å²) in [6, 6.07) is 30.4. The summed E-state index contributed by atoms with van der Waals surface area (Å²) in [4.78, 5) is 17.0. The van der Waals surface area contributed by atoms with Crippen LogP contribution in [0.1, 0.15) is 12.5 Å². The molecule has 182 valence electrons. The molecule has 1 aliphatic rings. The lowest BCUT2D eigenvalue weighted by molar-refractivity contribution is -0.130. The minimum absolute atomic E-state index is 0.166. The number of benzene rings is 3. The second-order valence-corrected chi connectivity index (χ2v) is 8.84. The number of amides is 1. The Morgan fingerprint density at radius 2 is 1.42 bits per heavy atom. The van der Waals surface area contributed by atoms with Gasteiger partial charge >= 0.3 is 0 Å². The summed E-state index contributed by atoms with van der Waals surface area (Å²) >= 11 is 0. The smallest absolute Gasteiger partial charge is 0.227 e. The number of rotatable bonds is 7. The predicted octanol–water partition coefficient (Wildman–Crippen LogP) is 5.10. The summed E-state index contributed by atoms with van der Waals surface area (Å²) in [5.41, 5.74) is 5.22. The Hall–Kier alpha value is -4.19. The Labute approximate surface area is 212 Å². The molecule has 6 heteroatoms. The van der Waals surface area contributed by atoms with Crippen molar-refractivity contribution in [2.75, 3.05) is 37.7 Å². The number of hydrogen-bond donors (Lipinski definition) is 0. The van der Waals surface area contributed by atoms with Gasteiger partial charge in [-0.2, -0.15) is 0 Å². The number of aromatic nitrogens is 2. The second-order valence-electron chi connectivity index (χ2n) is 8.84. The van der Waals surface area contributed by atoms with Crippen LogP contribution < -0.4 is 9.64 Å². The molecule has 0 bridgehead atoms. The van der Waals surface area contributed by atoms with Gasteiger partial charge in [0.05, 0.1) is 18.7 Å². The molecule has 0 atom stereocenters. The Morgan fingerprint density at radius 1 is 0.750 bits per heavy atom. The molecule has 36 heavy (non-hydrogen) atoms. The molecule has 6 nitrogen and oxygen atoms in total. The van der Waals surface area contributed by atoms with Gasteiger partial charge in [0.1, 0.15) is 5.75 Å². The molecule has 1 fully saturated rings. The van der Waals surface area contributed by atoms with Crippen molar-refractivity contribution in [2.45, 2.75) is 13.3 Å². The third kappa shape index (κ3) is 5.54. The van der Waals surface area contributed by atoms with Crippen LogP contribution in [0.3, 0.4) is 0 Å². The summed E-state index contributed by atoms with van der Waals surface area (Å²) in [5.74, 6) is 1.86. The zero-order valence-corrected chi connectivity index (χ0v) is 20.5. The third-order valence-electron chi connectivity index (χ3n) is 6.48. The van der Waals surface area contributed by atoms with E-state index in [-0.39, 0.29) is 5.91 Å². The molecule has 2 heterocycles. The summed E-state index contributed by atoms with van der Waals surface area (Å²) in [6.07, 6.45) is 0.422. The van der Waals surface area contributed by atoms with E-state index in [1.807, 2.05) is 66.4 Å². The lowest BCUT2D eigenvalue weighted by Crippen LogP contribution is -2.49. The zero-order valence-electron chi connectivity index (χ0n) is 20.5. The number of piperazine rings is 1. The van der Waals surface area contributed by atoms with E-state index in [0.29, 0.717) is 26.1 Å². The Morgan fingerprint density at radius 3 is 2.06 bits per heavy atom. The Bertz CT molecular complexity index is 1270. The molecule has 0 N–H and O–H groups in total. The van der Waals surface area contributed by atoms with Gasteiger partial charge in [0.2, 0.25) is 5.91 Å². The maximum Gasteiger partial charge on any atom is 0.227 e. The van der Waals surface area contributed by atoms with Crippen LogP contribution >= 0.6 is 0 Å². The number of anilines is 1. The van der Waals surface area contributed by atoms with Crippen molar-refractivity contribution in [3.05, 3.63) is 96.6 Å². The van der Waals surface area contributed by atoms with Crippen molar-refractivity contribution in [3.8, 4) is 28.1 Å². The van der Waals surface area contributed by atoms with E-state index < -0.39 is 0 Å². The highest BCUT2D eigenvalue weighted by Gasteiger charge is 2.22. The molecule has 5 rings (SSSR count). The minimum atomic E-state index is 0.166. The van der Waals surface area contributed by atoms with E-state index in [2.05, 4.69) is 51.5 Å². The second kappa shape index (κ2) is 11.0. The average molecular weight is 479 g/mol. The van der Waals surface area contributed by atoms with E-state index >= 15 is 0 Å². The highest BCUT2D eigenvalue weighted by atomic mass is 16.5. The van der Waals surface area contributed by atoms with Crippen LogP contribution in [-0.4, -0.2) is 53.8 Å². The van der Waals surface area contributed by atoms with Crippen LogP contribution in [0, 0.1) is 0 Å². The Balaban J connectivity index is 1.13. The topological polar surface area (TPSA) is 58.6 Å². The maximum absolute atomic E-state index is 12.9. The molecule has 1 aliphatic heterocycles. The predicted molar refractivity (Wildman–Crippen MR) is 143 cm³/mol. The van der Waals surface area contributed by atoms with Gasteiger partial charge in [-0.15, -0.1) is 10.2 Å². The molecule has 3 aromatic carbocycles. The lowest BCUT2D eigenvalue weighted by Gasteiger charge is -2.35. The van der Waals surface area contributed by atoms with Gasteiger partial charge in [0, 0.05) is 31.7 Å². The van der Waals surface area contributed by atoms with Crippen molar-refractivity contribution < 1.29 is 9.53 Å². The number of carbonyl (C=O) groups is 1. The molecule has 1 amide bonds. The van der Waals surface area contributed by atoms with Crippen LogP contribution in [-0.2, 0) is 11.2 Å². The molecule has 0 aliphatic carbocycles. The monoisotopic (exact) mass is 478 g/mol. The molecule has 4 aromatic rings. The van der Waals surface area contributed by atoms with Crippen molar-refractivity contribution in [1.82, 2.24) is 15.1 Å². The van der Waals surface area contributed by atoms with Gasteiger partial charge < -0.3 is 14.5 Å². The fourth-order valence-electron chi connectivity index (χ4n) is 4.45. The van der Waals surface area contributed by atoms with Crippen LogP contribution in [0.25, 0.3) is 22.4 Å². The minimum Gasteiger partial charge on any atom is -0.494 e. The molecule has 0 saturated carbocycles. The van der Waals surface area contributed by atoms with Gasteiger partial charge in [-0.3, -0.25) is 4.79 Å². The SMILES string of the molecule is CCOc1ccc(-c2ccc(N3CCN(C(=O)Cc4ccc(-c5ccccc5)cc4)CC3)nn2)cc1. The molecule has 1 saturated heterocycles. The first-order valence-electron chi connectivity index (χ1n) is 12.4. The molecule has 1 aromatic heterocycles. The molecule has 0 spiro atoms. The standard InChI is InChI=1S/C30H30N4O2/c1-2-36-27-14-12-26(13-15-27)28-16-17-29(32-31-28)33-18-20-34(21-19-33)30(35)22-23-8-10-25(11-9-23)24-6-4-3-5-7-24/h3-17H,2,18-22H2,1H3. The van der Waals surface area contributed by atoms with Gasteiger partial charge in [0.15, 0.2) is 5.82 Å². The molecule has 0 radical (unpaired) electrons. The van der Waals surface area contributed by atoms with Crippen LogP contribution in [0.2, 0.25) is 0 Å². The Kier molecular flexibility index (Phi) is 7.22. The van der Waals surface area contributed by atoms with Crippen LogP contribution in [0.4, 0.5) is 5.82 Å².